The summed E-state index contributed by atoms with van der Waals surface area (Å²) in [6.07, 6.45) is 1.54. The number of benzene rings is 1. The lowest BCUT2D eigenvalue weighted by atomic mass is 10.1. The average Bonchev–Trinajstić information content (AvgIpc) is 2.47. The van der Waals surface area contributed by atoms with Crippen LogP contribution in [0.15, 0.2) is 47.7 Å². The van der Waals surface area contributed by atoms with Crippen LogP contribution in [0.3, 0.4) is 0 Å². The molecule has 0 aliphatic rings. The molecule has 1 N–H and O–H groups in total. The minimum absolute atomic E-state index is 0.293. The molecule has 1 aromatic carbocycles. The van der Waals surface area contributed by atoms with E-state index in [1.54, 1.807) is 49.5 Å². The van der Waals surface area contributed by atoms with Gasteiger partial charge < -0.3 is 0 Å². The predicted molar refractivity (Wildman–Crippen MR) is 80.4 cm³/mol. The molecule has 20 heavy (non-hydrogen) atoms. The third-order valence-corrected chi connectivity index (χ3v) is 3.11. The van der Waals surface area contributed by atoms with Crippen molar-refractivity contribution in [3.05, 3.63) is 63.9 Å². The van der Waals surface area contributed by atoms with E-state index in [0.29, 0.717) is 27.0 Å². The number of carbonyl (C=O) groups is 1. The molecule has 0 unspecified atom stereocenters. The summed E-state index contributed by atoms with van der Waals surface area (Å²) in [6, 6.07) is 10.1. The third kappa shape index (κ3) is 3.56. The van der Waals surface area contributed by atoms with E-state index in [2.05, 4.69) is 15.5 Å². The second-order valence-corrected chi connectivity index (χ2v) is 4.82. The fourth-order valence-electron chi connectivity index (χ4n) is 1.52. The summed E-state index contributed by atoms with van der Waals surface area (Å²) in [7, 11) is 0. The van der Waals surface area contributed by atoms with E-state index in [4.69, 9.17) is 23.2 Å². The molecule has 1 heterocycles. The second kappa shape index (κ2) is 6.50. The van der Waals surface area contributed by atoms with E-state index >= 15 is 0 Å². The fraction of sp³-hybridized carbons (Fsp3) is 0.0714. The van der Waals surface area contributed by atoms with Gasteiger partial charge in [0.15, 0.2) is 0 Å². The molecule has 0 spiro atoms. The zero-order valence-electron chi connectivity index (χ0n) is 10.6. The van der Waals surface area contributed by atoms with Crippen molar-refractivity contribution < 1.29 is 4.79 Å². The summed E-state index contributed by atoms with van der Waals surface area (Å²) in [6.45, 7) is 1.73. The van der Waals surface area contributed by atoms with Crippen LogP contribution in [-0.2, 0) is 0 Å². The molecule has 0 saturated heterocycles. The van der Waals surface area contributed by atoms with E-state index in [0.717, 1.165) is 0 Å². The van der Waals surface area contributed by atoms with Gasteiger partial charge in [-0.25, -0.2) is 5.43 Å². The van der Waals surface area contributed by atoms with Gasteiger partial charge in [-0.1, -0.05) is 29.3 Å². The molecule has 2 rings (SSSR count). The zero-order valence-corrected chi connectivity index (χ0v) is 12.1. The SMILES string of the molecule is C/C(=N/NC(=O)c1ccccn1)c1cc(Cl)ccc1Cl. The minimum atomic E-state index is -0.386. The number of halogens is 2. The monoisotopic (exact) mass is 307 g/mol. The number of nitrogens with one attached hydrogen (secondary N) is 1. The molecule has 0 aliphatic heterocycles. The summed E-state index contributed by atoms with van der Waals surface area (Å²) in [5.41, 5.74) is 3.95. The van der Waals surface area contributed by atoms with Crippen LogP contribution in [0.2, 0.25) is 10.0 Å². The first-order valence-electron chi connectivity index (χ1n) is 5.79. The highest BCUT2D eigenvalue weighted by atomic mass is 35.5. The van der Waals surface area contributed by atoms with Crippen LogP contribution in [0.4, 0.5) is 0 Å². The Hall–Kier alpha value is -1.91. The van der Waals surface area contributed by atoms with Gasteiger partial charge in [-0.3, -0.25) is 9.78 Å². The normalized spacial score (nSPS) is 11.2. The van der Waals surface area contributed by atoms with Crippen molar-refractivity contribution in [1.29, 1.82) is 0 Å². The second-order valence-electron chi connectivity index (χ2n) is 3.98. The number of pyridine rings is 1. The van der Waals surface area contributed by atoms with Crippen LogP contribution in [0, 0.1) is 0 Å². The van der Waals surface area contributed by atoms with Gasteiger partial charge in [0, 0.05) is 21.8 Å². The van der Waals surface area contributed by atoms with Gasteiger partial charge in [0.1, 0.15) is 5.69 Å². The molecule has 0 saturated carbocycles. The highest BCUT2D eigenvalue weighted by molar-refractivity contribution is 6.36. The minimum Gasteiger partial charge on any atom is -0.266 e. The number of nitrogens with zero attached hydrogens (tertiary/aromatic N) is 2. The molecule has 0 bridgehead atoms. The lowest BCUT2D eigenvalue weighted by Gasteiger charge is -2.05. The molecular formula is C14H11Cl2N3O. The number of rotatable bonds is 3. The van der Waals surface area contributed by atoms with Gasteiger partial charge in [-0.05, 0) is 37.3 Å². The third-order valence-electron chi connectivity index (χ3n) is 2.54. The Kier molecular flexibility index (Phi) is 4.71. The van der Waals surface area contributed by atoms with Crippen LogP contribution < -0.4 is 5.43 Å². The molecule has 0 fully saturated rings. The molecule has 2 aromatic rings. The number of hydrazone groups is 1. The Balaban J connectivity index is 2.15. The smallest absolute Gasteiger partial charge is 0.266 e. The molecular weight excluding hydrogens is 297 g/mol. The van der Waals surface area contributed by atoms with Crippen molar-refractivity contribution in [2.45, 2.75) is 6.92 Å². The van der Waals surface area contributed by atoms with Crippen LogP contribution in [-0.4, -0.2) is 16.6 Å². The van der Waals surface area contributed by atoms with Crippen molar-refractivity contribution >= 4 is 34.8 Å². The van der Waals surface area contributed by atoms with Crippen molar-refractivity contribution in [3.8, 4) is 0 Å². The fourth-order valence-corrected chi connectivity index (χ4v) is 1.95. The van der Waals surface area contributed by atoms with Gasteiger partial charge in [0.25, 0.3) is 5.91 Å². The molecule has 0 aliphatic carbocycles. The maximum Gasteiger partial charge on any atom is 0.289 e. The summed E-state index contributed by atoms with van der Waals surface area (Å²) in [4.78, 5) is 15.7. The first kappa shape index (κ1) is 14.5. The van der Waals surface area contributed by atoms with Crippen molar-refractivity contribution in [2.75, 3.05) is 0 Å². The van der Waals surface area contributed by atoms with Crippen LogP contribution in [0.1, 0.15) is 23.0 Å². The summed E-state index contributed by atoms with van der Waals surface area (Å²) in [5, 5.41) is 5.07. The predicted octanol–water partition coefficient (Wildman–Crippen LogP) is 3.54. The quantitative estimate of drug-likeness (QED) is 0.696. The number of carbonyl (C=O) groups excluding carboxylic acids is 1. The van der Waals surface area contributed by atoms with Gasteiger partial charge in [0.2, 0.25) is 0 Å². The number of amides is 1. The van der Waals surface area contributed by atoms with Gasteiger partial charge in [0.05, 0.1) is 5.71 Å². The standard InChI is InChI=1S/C14H11Cl2N3O/c1-9(11-8-10(15)5-6-12(11)16)18-19-14(20)13-4-2-3-7-17-13/h2-8H,1H3,(H,19,20)/b18-9-. The van der Waals surface area contributed by atoms with E-state index < -0.39 is 0 Å². The van der Waals surface area contributed by atoms with Crippen LogP contribution in [0.25, 0.3) is 0 Å². The number of hydrogen-bond acceptors (Lipinski definition) is 3. The Morgan fingerprint density at radius 1 is 1.25 bits per heavy atom. The Bertz CT molecular complexity index is 657. The maximum atomic E-state index is 11.8. The molecule has 6 heteroatoms. The van der Waals surface area contributed by atoms with Crippen molar-refractivity contribution in [1.82, 2.24) is 10.4 Å². The molecule has 1 aromatic heterocycles. The van der Waals surface area contributed by atoms with Gasteiger partial charge in [-0.15, -0.1) is 0 Å². The first-order chi connectivity index (χ1) is 9.58. The lowest BCUT2D eigenvalue weighted by Crippen LogP contribution is -2.20. The zero-order chi connectivity index (χ0) is 14.5. The highest BCUT2D eigenvalue weighted by Crippen LogP contribution is 2.21. The topological polar surface area (TPSA) is 54.4 Å². The molecule has 0 atom stereocenters. The van der Waals surface area contributed by atoms with Gasteiger partial charge in [-0.2, -0.15) is 5.10 Å². The highest BCUT2D eigenvalue weighted by Gasteiger charge is 2.07. The van der Waals surface area contributed by atoms with Crippen LogP contribution >= 0.6 is 23.2 Å². The summed E-state index contributed by atoms with van der Waals surface area (Å²) >= 11 is 12.0. The van der Waals surface area contributed by atoms with Gasteiger partial charge >= 0.3 is 0 Å². The summed E-state index contributed by atoms with van der Waals surface area (Å²) in [5.74, 6) is -0.386. The van der Waals surface area contributed by atoms with Crippen molar-refractivity contribution in [2.24, 2.45) is 5.10 Å². The number of aromatic nitrogens is 1. The Morgan fingerprint density at radius 3 is 2.75 bits per heavy atom. The largest absolute Gasteiger partial charge is 0.289 e. The summed E-state index contributed by atoms with van der Waals surface area (Å²) < 4.78 is 0. The van der Waals surface area contributed by atoms with E-state index in [-0.39, 0.29) is 5.91 Å². The average molecular weight is 308 g/mol. The molecule has 102 valence electrons. The Morgan fingerprint density at radius 2 is 2.05 bits per heavy atom. The van der Waals surface area contributed by atoms with E-state index in [1.807, 2.05) is 0 Å². The molecule has 0 radical (unpaired) electrons. The first-order valence-corrected chi connectivity index (χ1v) is 6.54. The molecule has 4 nitrogen and oxygen atoms in total. The lowest BCUT2D eigenvalue weighted by molar-refractivity contribution is 0.0950. The van der Waals surface area contributed by atoms with Crippen LogP contribution in [0.5, 0.6) is 0 Å². The Labute approximate surface area is 126 Å². The van der Waals surface area contributed by atoms with E-state index in [9.17, 15) is 4.79 Å². The molecule has 1 amide bonds. The maximum absolute atomic E-state index is 11.8. The van der Waals surface area contributed by atoms with Crippen molar-refractivity contribution in [3.63, 3.8) is 0 Å². The van der Waals surface area contributed by atoms with E-state index in [1.165, 1.54) is 0 Å². The number of hydrogen-bond donors (Lipinski definition) is 1.